The number of unbranched alkanes of at least 4 members (excludes halogenated alkanes) is 1. The molecule has 0 bridgehead atoms. The number of hydrogen-bond donors (Lipinski definition) is 3. The number of ether oxygens (including phenoxy) is 1. The molecular formula is C22H26N2O3. The summed E-state index contributed by atoms with van der Waals surface area (Å²) in [6.07, 6.45) is 2.83. The molecule has 0 aliphatic heterocycles. The van der Waals surface area contributed by atoms with Crippen LogP contribution in [0.5, 0.6) is 5.75 Å². The molecule has 0 saturated heterocycles. The number of nitrogens with one attached hydrogen (secondary N) is 1. The first-order valence-electron chi connectivity index (χ1n) is 9.24. The molecule has 3 rings (SSSR count). The molecule has 3 aromatic rings. The lowest BCUT2D eigenvalue weighted by Crippen LogP contribution is -2.00. The average molecular weight is 366 g/mol. The number of aromatic amines is 1. The summed E-state index contributed by atoms with van der Waals surface area (Å²) in [5.74, 6) is 0.0324. The van der Waals surface area contributed by atoms with E-state index in [-0.39, 0.29) is 6.42 Å². The maximum atomic E-state index is 11.1. The van der Waals surface area contributed by atoms with E-state index in [2.05, 4.69) is 11.1 Å². The molecule has 0 aliphatic carbocycles. The first kappa shape index (κ1) is 19.0. The van der Waals surface area contributed by atoms with Gasteiger partial charge in [0.05, 0.1) is 19.2 Å². The molecule has 0 atom stereocenters. The van der Waals surface area contributed by atoms with Crippen molar-refractivity contribution < 1.29 is 14.6 Å². The van der Waals surface area contributed by atoms with Crippen LogP contribution in [0.25, 0.3) is 22.2 Å². The Morgan fingerprint density at radius 2 is 2.04 bits per heavy atom. The quantitative estimate of drug-likeness (QED) is 0.525. The van der Waals surface area contributed by atoms with Crippen LogP contribution in [-0.2, 0) is 17.6 Å². The maximum Gasteiger partial charge on any atom is 0.307 e. The van der Waals surface area contributed by atoms with Crippen LogP contribution >= 0.6 is 0 Å². The lowest BCUT2D eigenvalue weighted by Gasteiger charge is -2.12. The molecular weight excluding hydrogens is 340 g/mol. The van der Waals surface area contributed by atoms with Crippen LogP contribution in [0, 0.1) is 6.92 Å². The topological polar surface area (TPSA) is 88.3 Å². The standard InChI is InChI=1S/C22H26N2O3/c1-14-6-5-8-17(22(14)27-2)21-16(7-3-4-11-23)18-12-15(13-20(25)26)9-10-19(18)24-21/h5-6,8-10,12,24H,3-4,7,11,13,23H2,1-2H3,(H,25,26). The van der Waals surface area contributed by atoms with Gasteiger partial charge in [-0.3, -0.25) is 4.79 Å². The Morgan fingerprint density at radius 1 is 1.22 bits per heavy atom. The fourth-order valence-corrected chi connectivity index (χ4v) is 3.64. The third kappa shape index (κ3) is 3.98. The van der Waals surface area contributed by atoms with Crippen LogP contribution in [-0.4, -0.2) is 29.7 Å². The third-order valence-corrected chi connectivity index (χ3v) is 4.89. The fraction of sp³-hybridized carbons (Fsp3) is 0.318. The number of aromatic nitrogens is 1. The average Bonchev–Trinajstić information content (AvgIpc) is 2.99. The molecule has 1 heterocycles. The molecule has 5 heteroatoms. The van der Waals surface area contributed by atoms with E-state index in [1.54, 1.807) is 7.11 Å². The Bertz CT molecular complexity index is 960. The molecule has 5 nitrogen and oxygen atoms in total. The summed E-state index contributed by atoms with van der Waals surface area (Å²) >= 11 is 0. The molecule has 0 spiro atoms. The predicted octanol–water partition coefficient (Wildman–Crippen LogP) is 4.06. The van der Waals surface area contributed by atoms with E-state index in [0.29, 0.717) is 6.54 Å². The number of methoxy groups -OCH3 is 1. The third-order valence-electron chi connectivity index (χ3n) is 4.89. The van der Waals surface area contributed by atoms with Crippen LogP contribution in [0.4, 0.5) is 0 Å². The summed E-state index contributed by atoms with van der Waals surface area (Å²) in [5.41, 5.74) is 11.8. The molecule has 0 fully saturated rings. The van der Waals surface area contributed by atoms with Crippen LogP contribution < -0.4 is 10.5 Å². The number of aryl methyl sites for hydroxylation is 2. The van der Waals surface area contributed by atoms with E-state index in [1.807, 2.05) is 37.3 Å². The minimum Gasteiger partial charge on any atom is -0.496 e. The zero-order valence-corrected chi connectivity index (χ0v) is 15.8. The normalized spacial score (nSPS) is 11.1. The second kappa shape index (κ2) is 8.27. The minimum absolute atomic E-state index is 0.0203. The number of aliphatic carboxylic acids is 1. The lowest BCUT2D eigenvalue weighted by atomic mass is 9.97. The largest absolute Gasteiger partial charge is 0.496 e. The highest BCUT2D eigenvalue weighted by Gasteiger charge is 2.18. The summed E-state index contributed by atoms with van der Waals surface area (Å²) in [7, 11) is 1.69. The second-order valence-electron chi connectivity index (χ2n) is 6.83. The van der Waals surface area contributed by atoms with E-state index < -0.39 is 5.97 Å². The van der Waals surface area contributed by atoms with Crippen molar-refractivity contribution in [3.05, 3.63) is 53.1 Å². The predicted molar refractivity (Wildman–Crippen MR) is 108 cm³/mol. The van der Waals surface area contributed by atoms with Crippen molar-refractivity contribution in [3.8, 4) is 17.0 Å². The van der Waals surface area contributed by atoms with Crippen LogP contribution in [0.2, 0.25) is 0 Å². The minimum atomic E-state index is -0.824. The highest BCUT2D eigenvalue weighted by atomic mass is 16.5. The van der Waals surface area contributed by atoms with Gasteiger partial charge in [-0.15, -0.1) is 0 Å². The lowest BCUT2D eigenvalue weighted by molar-refractivity contribution is -0.136. The number of carbonyl (C=O) groups is 1. The van der Waals surface area contributed by atoms with Gasteiger partial charge in [0, 0.05) is 16.5 Å². The van der Waals surface area contributed by atoms with E-state index in [0.717, 1.165) is 58.3 Å². The molecule has 27 heavy (non-hydrogen) atoms. The van der Waals surface area contributed by atoms with Gasteiger partial charge in [-0.25, -0.2) is 0 Å². The zero-order chi connectivity index (χ0) is 19.4. The molecule has 0 aliphatic rings. The van der Waals surface area contributed by atoms with Crippen molar-refractivity contribution in [3.63, 3.8) is 0 Å². The molecule has 2 aromatic carbocycles. The van der Waals surface area contributed by atoms with Crippen molar-refractivity contribution in [1.82, 2.24) is 4.98 Å². The molecule has 1 aromatic heterocycles. The van der Waals surface area contributed by atoms with Gasteiger partial charge in [-0.05, 0) is 67.6 Å². The number of rotatable bonds is 8. The van der Waals surface area contributed by atoms with Crippen molar-refractivity contribution in [1.29, 1.82) is 0 Å². The highest BCUT2D eigenvalue weighted by Crippen LogP contribution is 2.38. The van der Waals surface area contributed by atoms with Crippen molar-refractivity contribution in [2.24, 2.45) is 5.73 Å². The van der Waals surface area contributed by atoms with Crippen LogP contribution in [0.1, 0.15) is 29.5 Å². The van der Waals surface area contributed by atoms with E-state index >= 15 is 0 Å². The Hall–Kier alpha value is -2.79. The number of fused-ring (bicyclic) bond motifs is 1. The first-order valence-corrected chi connectivity index (χ1v) is 9.24. The number of para-hydroxylation sites is 1. The Kier molecular flexibility index (Phi) is 5.81. The Balaban J connectivity index is 2.17. The zero-order valence-electron chi connectivity index (χ0n) is 15.8. The van der Waals surface area contributed by atoms with Crippen molar-refractivity contribution in [2.75, 3.05) is 13.7 Å². The Labute approximate surface area is 159 Å². The molecule has 0 radical (unpaired) electrons. The molecule has 0 saturated carbocycles. The fourth-order valence-electron chi connectivity index (χ4n) is 3.64. The summed E-state index contributed by atoms with van der Waals surface area (Å²) < 4.78 is 5.67. The summed E-state index contributed by atoms with van der Waals surface area (Å²) in [6, 6.07) is 11.9. The van der Waals surface area contributed by atoms with E-state index in [1.165, 1.54) is 5.56 Å². The number of H-pyrrole nitrogens is 1. The van der Waals surface area contributed by atoms with Crippen molar-refractivity contribution >= 4 is 16.9 Å². The smallest absolute Gasteiger partial charge is 0.307 e. The number of carboxylic acids is 1. The molecule has 0 unspecified atom stereocenters. The van der Waals surface area contributed by atoms with Crippen molar-refractivity contribution in [2.45, 2.75) is 32.6 Å². The number of carboxylic acid groups (broad SMARTS) is 1. The van der Waals surface area contributed by atoms with Gasteiger partial charge in [-0.2, -0.15) is 0 Å². The van der Waals surface area contributed by atoms with Crippen LogP contribution in [0.3, 0.4) is 0 Å². The SMILES string of the molecule is COc1c(C)cccc1-c1[nH]c2ccc(CC(=O)O)cc2c1CCCCN. The van der Waals surface area contributed by atoms with Gasteiger partial charge in [0.25, 0.3) is 0 Å². The van der Waals surface area contributed by atoms with Gasteiger partial charge in [0.15, 0.2) is 0 Å². The van der Waals surface area contributed by atoms with E-state index in [4.69, 9.17) is 15.6 Å². The summed E-state index contributed by atoms with van der Waals surface area (Å²) in [6.45, 7) is 2.69. The first-order chi connectivity index (χ1) is 13.0. The summed E-state index contributed by atoms with van der Waals surface area (Å²) in [4.78, 5) is 14.6. The highest BCUT2D eigenvalue weighted by molar-refractivity contribution is 5.93. The second-order valence-corrected chi connectivity index (χ2v) is 6.83. The van der Waals surface area contributed by atoms with E-state index in [9.17, 15) is 4.79 Å². The van der Waals surface area contributed by atoms with Crippen LogP contribution in [0.15, 0.2) is 36.4 Å². The Morgan fingerprint density at radius 3 is 2.74 bits per heavy atom. The molecule has 0 amide bonds. The number of benzene rings is 2. The van der Waals surface area contributed by atoms with Gasteiger partial charge in [0.2, 0.25) is 0 Å². The van der Waals surface area contributed by atoms with Gasteiger partial charge < -0.3 is 20.6 Å². The number of nitrogens with two attached hydrogens (primary N) is 1. The molecule has 4 N–H and O–H groups in total. The van der Waals surface area contributed by atoms with Gasteiger partial charge in [0.1, 0.15) is 5.75 Å². The van der Waals surface area contributed by atoms with Gasteiger partial charge in [-0.1, -0.05) is 18.2 Å². The maximum absolute atomic E-state index is 11.1. The van der Waals surface area contributed by atoms with Gasteiger partial charge >= 0.3 is 5.97 Å². The monoisotopic (exact) mass is 366 g/mol. The number of hydrogen-bond acceptors (Lipinski definition) is 3. The molecule has 142 valence electrons. The summed E-state index contributed by atoms with van der Waals surface area (Å²) in [5, 5.41) is 10.2.